The summed E-state index contributed by atoms with van der Waals surface area (Å²) in [5.74, 6) is -0.317. The number of hydrogen-bond acceptors (Lipinski definition) is 6. The van der Waals surface area contributed by atoms with Crippen LogP contribution in [-0.2, 0) is 39.1 Å². The van der Waals surface area contributed by atoms with Crippen molar-refractivity contribution in [2.45, 2.75) is 76.5 Å². The number of ether oxygens (including phenoxy) is 2. The Morgan fingerprint density at radius 3 is 2.89 bits per heavy atom. The molecule has 200 valence electrons. The fraction of sp³-hybridized carbons (Fsp3) is 0.586. The van der Waals surface area contributed by atoms with Crippen molar-refractivity contribution in [3.05, 3.63) is 58.0 Å². The first-order chi connectivity index (χ1) is 17.8. The molecule has 0 aliphatic carbocycles. The second-order valence-corrected chi connectivity index (χ2v) is 11.0. The van der Waals surface area contributed by atoms with E-state index >= 15 is 0 Å². The number of nitrogens with one attached hydrogen (secondary N) is 1. The van der Waals surface area contributed by atoms with Crippen molar-refractivity contribution in [3.8, 4) is 0 Å². The maximum Gasteiger partial charge on any atom is 0.325 e. The zero-order valence-corrected chi connectivity index (χ0v) is 21.9. The van der Waals surface area contributed by atoms with E-state index in [1.165, 1.54) is 24.1 Å². The van der Waals surface area contributed by atoms with Crippen LogP contribution >= 0.6 is 0 Å². The Labute approximate surface area is 218 Å². The molecule has 1 unspecified atom stereocenters. The maximum atomic E-state index is 14.5. The lowest BCUT2D eigenvalue weighted by atomic mass is 9.82. The molecule has 3 aliphatic rings. The molecule has 1 aromatic heterocycles. The monoisotopic (exact) mass is 511 g/mol. The third kappa shape index (κ3) is 5.81. The van der Waals surface area contributed by atoms with Crippen LogP contribution in [0.15, 0.2) is 24.3 Å². The number of fused-ring (bicyclic) bond motifs is 2. The van der Waals surface area contributed by atoms with Crippen LogP contribution in [0.2, 0.25) is 0 Å². The molecule has 2 aromatic rings. The van der Waals surface area contributed by atoms with E-state index in [9.17, 15) is 14.3 Å². The van der Waals surface area contributed by atoms with Gasteiger partial charge < -0.3 is 19.9 Å². The van der Waals surface area contributed by atoms with Crippen molar-refractivity contribution in [1.29, 1.82) is 0 Å². The zero-order valence-electron chi connectivity index (χ0n) is 21.9. The quantitative estimate of drug-likeness (QED) is 0.450. The van der Waals surface area contributed by atoms with Gasteiger partial charge in [0.2, 0.25) is 0 Å². The van der Waals surface area contributed by atoms with Crippen LogP contribution in [-0.4, -0.2) is 59.9 Å². The maximum absolute atomic E-state index is 14.5. The fourth-order valence-electron chi connectivity index (χ4n) is 5.94. The first-order valence-electron chi connectivity index (χ1n) is 13.6. The molecule has 0 saturated carbocycles. The molecule has 37 heavy (non-hydrogen) atoms. The number of nitrogens with zero attached hydrogens (tertiary/aromatic N) is 2. The van der Waals surface area contributed by atoms with E-state index in [4.69, 9.17) is 14.5 Å². The van der Waals surface area contributed by atoms with Crippen LogP contribution in [0.25, 0.3) is 0 Å². The van der Waals surface area contributed by atoms with E-state index in [1.807, 2.05) is 18.7 Å². The van der Waals surface area contributed by atoms with Crippen LogP contribution in [0.3, 0.4) is 0 Å². The molecule has 1 atom stereocenters. The summed E-state index contributed by atoms with van der Waals surface area (Å²) in [7, 11) is 0. The number of aryl methyl sites for hydroxylation is 2. The molecular weight excluding hydrogens is 473 g/mol. The number of benzene rings is 1. The van der Waals surface area contributed by atoms with Crippen molar-refractivity contribution in [2.24, 2.45) is 0 Å². The number of carboxylic acid groups (broad SMARTS) is 1. The Morgan fingerprint density at radius 2 is 2.08 bits per heavy atom. The number of aliphatic carboxylic acids is 1. The van der Waals surface area contributed by atoms with Crippen molar-refractivity contribution in [1.82, 2.24) is 9.88 Å². The van der Waals surface area contributed by atoms with Crippen LogP contribution in [0.1, 0.15) is 73.5 Å². The summed E-state index contributed by atoms with van der Waals surface area (Å²) < 4.78 is 26.4. The second kappa shape index (κ2) is 11.1. The van der Waals surface area contributed by atoms with Crippen LogP contribution in [0, 0.1) is 5.82 Å². The van der Waals surface area contributed by atoms with Gasteiger partial charge in [-0.05, 0) is 92.8 Å². The van der Waals surface area contributed by atoms with Crippen molar-refractivity contribution in [3.63, 3.8) is 0 Å². The molecule has 0 spiro atoms. The fourth-order valence-corrected chi connectivity index (χ4v) is 5.94. The second-order valence-electron chi connectivity index (χ2n) is 11.0. The van der Waals surface area contributed by atoms with Gasteiger partial charge in [-0.1, -0.05) is 12.5 Å². The minimum absolute atomic E-state index is 0.00359. The van der Waals surface area contributed by atoms with Gasteiger partial charge in [0, 0.05) is 31.9 Å². The molecule has 1 saturated heterocycles. The van der Waals surface area contributed by atoms with Gasteiger partial charge >= 0.3 is 5.97 Å². The number of halogens is 1. The van der Waals surface area contributed by atoms with Crippen molar-refractivity contribution in [2.75, 3.05) is 38.2 Å². The van der Waals surface area contributed by atoms with Crippen molar-refractivity contribution < 1.29 is 23.8 Å². The number of unbranched alkanes of at least 4 members (excludes halogenated alkanes) is 2. The van der Waals surface area contributed by atoms with Gasteiger partial charge in [0.05, 0.1) is 18.3 Å². The van der Waals surface area contributed by atoms with E-state index < -0.39 is 23.4 Å². The van der Waals surface area contributed by atoms with Gasteiger partial charge in [-0.3, -0.25) is 9.69 Å². The average molecular weight is 512 g/mol. The number of carbonyl (C=O) groups is 1. The summed E-state index contributed by atoms with van der Waals surface area (Å²) in [5.41, 5.74) is 3.94. The van der Waals surface area contributed by atoms with Crippen LogP contribution in [0.5, 0.6) is 0 Å². The Morgan fingerprint density at radius 1 is 1.24 bits per heavy atom. The van der Waals surface area contributed by atoms with Crippen LogP contribution < -0.4 is 5.32 Å². The molecule has 8 heteroatoms. The topological polar surface area (TPSA) is 83.9 Å². The molecule has 5 rings (SSSR count). The number of carboxylic acids is 1. The highest BCUT2D eigenvalue weighted by molar-refractivity contribution is 5.77. The lowest BCUT2D eigenvalue weighted by molar-refractivity contribution is -0.151. The van der Waals surface area contributed by atoms with Gasteiger partial charge in [0.15, 0.2) is 0 Å². The normalized spacial score (nSPS) is 19.9. The van der Waals surface area contributed by atoms with Gasteiger partial charge in [0.1, 0.15) is 17.7 Å². The molecule has 0 amide bonds. The minimum atomic E-state index is -0.974. The Balaban J connectivity index is 1.09. The van der Waals surface area contributed by atoms with E-state index in [2.05, 4.69) is 17.4 Å². The molecule has 2 N–H and O–H groups in total. The summed E-state index contributed by atoms with van der Waals surface area (Å²) in [4.78, 5) is 18.9. The predicted octanol–water partition coefficient (Wildman–Crippen LogP) is 4.63. The lowest BCUT2D eigenvalue weighted by Gasteiger charge is -2.44. The molecule has 0 bridgehead atoms. The first kappa shape index (κ1) is 26.1. The Bertz CT molecular complexity index is 1130. The Kier molecular flexibility index (Phi) is 7.79. The number of likely N-dealkylation sites (tertiary alicyclic amines) is 1. The van der Waals surface area contributed by atoms with E-state index in [-0.39, 0.29) is 6.10 Å². The lowest BCUT2D eigenvalue weighted by Crippen LogP contribution is -2.55. The van der Waals surface area contributed by atoms with E-state index in [1.54, 1.807) is 0 Å². The number of rotatable bonds is 10. The predicted molar refractivity (Wildman–Crippen MR) is 139 cm³/mol. The molecule has 4 heterocycles. The number of pyridine rings is 1. The van der Waals surface area contributed by atoms with E-state index in [0.717, 1.165) is 61.3 Å². The highest BCUT2D eigenvalue weighted by atomic mass is 19.1. The summed E-state index contributed by atoms with van der Waals surface area (Å²) >= 11 is 0. The highest BCUT2D eigenvalue weighted by Crippen LogP contribution is 2.41. The molecule has 3 aliphatic heterocycles. The van der Waals surface area contributed by atoms with Gasteiger partial charge in [-0.2, -0.15) is 0 Å². The average Bonchev–Trinajstić information content (AvgIpc) is 2.83. The smallest absolute Gasteiger partial charge is 0.325 e. The summed E-state index contributed by atoms with van der Waals surface area (Å²) in [6.07, 6.45) is 6.92. The molecule has 1 fully saturated rings. The van der Waals surface area contributed by atoms with E-state index in [0.29, 0.717) is 38.3 Å². The molecule has 0 radical (unpaired) electrons. The third-order valence-electron chi connectivity index (χ3n) is 7.80. The van der Waals surface area contributed by atoms with Crippen molar-refractivity contribution >= 4 is 11.8 Å². The number of hydrogen-bond donors (Lipinski definition) is 2. The van der Waals surface area contributed by atoms with Gasteiger partial charge in [-0.15, -0.1) is 0 Å². The summed E-state index contributed by atoms with van der Waals surface area (Å²) in [6.45, 7) is 7.05. The highest BCUT2D eigenvalue weighted by Gasteiger charge is 2.42. The summed E-state index contributed by atoms with van der Waals surface area (Å²) in [6, 6.07) is 6.32. The Hall–Kier alpha value is -2.55. The zero-order chi connectivity index (χ0) is 26.0. The molecular formula is C29H38FN3O4. The van der Waals surface area contributed by atoms with Crippen LogP contribution in [0.4, 0.5) is 10.2 Å². The minimum Gasteiger partial charge on any atom is -0.480 e. The number of anilines is 1. The summed E-state index contributed by atoms with van der Waals surface area (Å²) in [5, 5.41) is 13.5. The van der Waals surface area contributed by atoms with Gasteiger partial charge in [0.25, 0.3) is 0 Å². The standard InChI is InChI=1S/C29H38FN3O4/c1-29(2)25-20(11-14-37-29)15-21(30)16-24(25)26(28(34)35)33-17-23(18-33)36-13-5-3-4-8-22-10-9-19-7-6-12-31-27(19)32-22/h9-10,15-16,23,26H,3-8,11-14,17-18H2,1-2H3,(H,31,32)(H,34,35). The molecule has 1 aromatic carbocycles. The van der Waals surface area contributed by atoms with Gasteiger partial charge in [-0.25, -0.2) is 9.37 Å². The number of aromatic nitrogens is 1. The third-order valence-corrected chi connectivity index (χ3v) is 7.80. The first-order valence-corrected chi connectivity index (χ1v) is 13.6. The molecule has 7 nitrogen and oxygen atoms in total. The largest absolute Gasteiger partial charge is 0.480 e. The SMILES string of the molecule is CC1(C)OCCc2cc(F)cc(C(C(=O)O)N3CC(OCCCCCc4ccc5c(n4)NCCC5)C3)c21.